The van der Waals surface area contributed by atoms with Crippen LogP contribution < -0.4 is 5.10 Å². The van der Waals surface area contributed by atoms with E-state index in [1.54, 1.807) is 24.5 Å². The summed E-state index contributed by atoms with van der Waals surface area (Å²) in [5.41, 5.74) is 0. The molecule has 0 radical (unpaired) electrons. The van der Waals surface area contributed by atoms with Crippen LogP contribution in [-0.4, -0.2) is 5.10 Å². The van der Waals surface area contributed by atoms with Gasteiger partial charge < -0.3 is 40.5 Å². The van der Waals surface area contributed by atoms with E-state index < -0.39 is 0 Å². The van der Waals surface area contributed by atoms with Gasteiger partial charge in [-0.25, -0.2) is 0 Å². The Kier molecular flexibility index (Phi) is 29.6. The number of rotatable bonds is 0. The van der Waals surface area contributed by atoms with E-state index in [9.17, 15) is 0 Å². The first-order valence-corrected chi connectivity index (χ1v) is 3.12. The maximum absolute atomic E-state index is 7.50. The van der Waals surface area contributed by atoms with Gasteiger partial charge in [-0.05, 0) is 0 Å². The van der Waals surface area contributed by atoms with Crippen molar-refractivity contribution in [3.05, 3.63) is 62.1 Å². The molecule has 0 amide bonds. The average Bonchev–Trinajstić information content (AvgIpc) is 3.01. The molecule has 1 heterocycles. The quantitative estimate of drug-likeness (QED) is 0.402. The summed E-state index contributed by atoms with van der Waals surface area (Å²) in [5, 5.41) is 6.94. The zero-order valence-electron chi connectivity index (χ0n) is 7.43. The van der Waals surface area contributed by atoms with E-state index in [1.165, 1.54) is 0 Å². The van der Waals surface area contributed by atoms with Crippen LogP contribution >= 0.6 is 0 Å². The maximum atomic E-state index is 7.50. The maximum Gasteiger partial charge on any atom is 2.00 e. The van der Waals surface area contributed by atoms with Gasteiger partial charge in [0.15, 0.2) is 0 Å². The van der Waals surface area contributed by atoms with E-state index in [-0.39, 0.29) is 21.1 Å². The zero-order valence-corrected chi connectivity index (χ0v) is 9.44. The van der Waals surface area contributed by atoms with Crippen LogP contribution in [0, 0.1) is 37.6 Å². The van der Waals surface area contributed by atoms with Crippen LogP contribution in [0.1, 0.15) is 0 Å². The van der Waals surface area contributed by atoms with Crippen molar-refractivity contribution in [1.82, 2.24) is 10.2 Å². The van der Waals surface area contributed by atoms with E-state index in [0.717, 1.165) is 0 Å². The summed E-state index contributed by atoms with van der Waals surface area (Å²) in [6, 6.07) is 13.8. The summed E-state index contributed by atoms with van der Waals surface area (Å²) in [5.74, 6) is 0. The number of nitrogens with zero attached hydrogens (tertiary/aromatic N) is 2. The van der Waals surface area contributed by atoms with Crippen molar-refractivity contribution < 1.29 is 30.4 Å². The van der Waals surface area contributed by atoms with Crippen molar-refractivity contribution in [3.63, 3.8) is 0 Å². The van der Waals surface area contributed by atoms with Crippen LogP contribution in [0.3, 0.4) is 0 Å². The monoisotopic (exact) mass is 282 g/mol. The Hall–Kier alpha value is -1.27. The van der Waals surface area contributed by atoms with Gasteiger partial charge in [-0.15, -0.1) is 0 Å². The molecule has 0 fully saturated rings. The molecule has 0 atom stereocenters. The first kappa shape index (κ1) is 19.3. The minimum atomic E-state index is 0. The molecule has 0 bridgehead atoms. The molecule has 5 heteroatoms. The minimum Gasteiger partial charge on any atom is -0.999 e. The Morgan fingerprint density at radius 2 is 1.67 bits per heavy atom. The summed E-state index contributed by atoms with van der Waals surface area (Å²) in [6.45, 7) is 9.00. The van der Waals surface area contributed by atoms with Crippen molar-refractivity contribution in [2.24, 2.45) is 0 Å². The minimum absolute atomic E-state index is 0. The molecule has 15 heavy (non-hydrogen) atoms. The third-order valence-electron chi connectivity index (χ3n) is 0.723. The number of hydrogen-bond acceptors (Lipinski definition) is 1. The van der Waals surface area contributed by atoms with Gasteiger partial charge in [0.25, 0.3) is 0 Å². The van der Waals surface area contributed by atoms with Crippen LogP contribution in [0.2, 0.25) is 0 Å². The van der Waals surface area contributed by atoms with Crippen LogP contribution in [0.4, 0.5) is 0 Å². The zero-order chi connectivity index (χ0) is 11.1. The van der Waals surface area contributed by atoms with E-state index in [4.69, 9.17) is 9.30 Å². The summed E-state index contributed by atoms with van der Waals surface area (Å²) in [6.07, 6.45) is 3.28. The molecule has 0 aliphatic rings. The second-order valence-electron chi connectivity index (χ2n) is 1.40. The average molecular weight is 280 g/mol. The Morgan fingerprint density at radius 1 is 1.13 bits per heavy atom. The molecule has 1 aromatic carbocycles. The van der Waals surface area contributed by atoms with Crippen molar-refractivity contribution in [3.8, 4) is 0 Å². The van der Waals surface area contributed by atoms with Gasteiger partial charge in [-0.2, -0.15) is 6.20 Å². The second-order valence-corrected chi connectivity index (χ2v) is 1.40. The van der Waals surface area contributed by atoms with E-state index in [2.05, 4.69) is 47.8 Å². The fourth-order valence-corrected chi connectivity index (χ4v) is 0.373. The van der Waals surface area contributed by atoms with Crippen molar-refractivity contribution in [1.29, 1.82) is 0 Å². The fourth-order valence-electron chi connectivity index (χ4n) is 0.373. The molecule has 0 aliphatic carbocycles. The fraction of sp³-hybridized carbons (Fsp3) is 0. The molecule has 2 aromatic rings. The summed E-state index contributed by atoms with van der Waals surface area (Å²) < 4.78 is 15.0. The molecule has 0 N–H and O–H groups in total. The Morgan fingerprint density at radius 3 is 1.80 bits per heavy atom. The van der Waals surface area contributed by atoms with Crippen molar-refractivity contribution in [2.45, 2.75) is 0 Å². The molecule has 2 rings (SSSR count). The van der Waals surface area contributed by atoms with Gasteiger partial charge >= 0.3 is 43.7 Å². The van der Waals surface area contributed by atoms with Crippen LogP contribution in [0.25, 0.3) is 0 Å². The Bertz CT molecular complexity index is 221. The predicted octanol–water partition coefficient (Wildman–Crippen LogP) is 0.568. The van der Waals surface area contributed by atoms with Crippen molar-refractivity contribution >= 4 is 0 Å². The summed E-state index contributed by atoms with van der Waals surface area (Å²) in [7, 11) is 0. The summed E-state index contributed by atoms with van der Waals surface area (Å²) >= 11 is 0. The van der Waals surface area contributed by atoms with Crippen LogP contribution in [0.5, 0.6) is 0 Å². The standard InChI is InChI=1S/C5H.C3H3N2.2CO.Mo/c2*1-2-4-5-3-1;2*1-2;/h1H;1-3H;;;/q-5;-1;;;+2. The molecule has 0 spiro atoms. The predicted molar refractivity (Wildman–Crippen MR) is 42.8 cm³/mol. The number of hydrogen-bond donors (Lipinski definition) is 0. The van der Waals surface area contributed by atoms with Crippen LogP contribution in [-0.2, 0) is 30.4 Å². The van der Waals surface area contributed by atoms with Gasteiger partial charge in [0.1, 0.15) is 0 Å². The van der Waals surface area contributed by atoms with E-state index in [0.29, 0.717) is 0 Å². The topological polar surface area (TPSA) is 66.8 Å². The van der Waals surface area contributed by atoms with Gasteiger partial charge in [-0.1, -0.05) is 6.07 Å². The number of aromatic nitrogens is 2. The van der Waals surface area contributed by atoms with Gasteiger partial charge in [0.2, 0.25) is 0 Å². The van der Waals surface area contributed by atoms with E-state index in [1.807, 2.05) is 0 Å². The van der Waals surface area contributed by atoms with Crippen LogP contribution in [0.15, 0.2) is 24.5 Å². The molecule has 0 unspecified atom stereocenters. The van der Waals surface area contributed by atoms with E-state index >= 15 is 0 Å². The molecule has 1 aromatic heterocycles. The molecular formula is C10H4MoN2O2-4. The van der Waals surface area contributed by atoms with Gasteiger partial charge in [0.05, 0.1) is 0 Å². The Balaban J connectivity index is -0.000000138. The Labute approximate surface area is 103 Å². The van der Waals surface area contributed by atoms with Gasteiger partial charge in [0, 0.05) is 6.20 Å². The third kappa shape index (κ3) is 19.2. The molecular weight excluding hydrogens is 276 g/mol. The third-order valence-corrected chi connectivity index (χ3v) is 0.723. The second kappa shape index (κ2) is 23.0. The first-order valence-electron chi connectivity index (χ1n) is 3.12. The SMILES string of the molecule is [C-]#[O+].[C-]#[O+].[Mo+2].[c-]1[c-][c-][cH-][c-]1.c1cn[n-]c1. The molecule has 0 aliphatic heterocycles. The van der Waals surface area contributed by atoms with Crippen molar-refractivity contribution in [2.75, 3.05) is 0 Å². The molecule has 76 valence electrons. The normalized spacial score (nSPS) is 5.60. The molecule has 0 saturated heterocycles. The molecule has 0 saturated carbocycles. The summed E-state index contributed by atoms with van der Waals surface area (Å²) in [4.78, 5) is 0. The van der Waals surface area contributed by atoms with Gasteiger partial charge in [-0.3, -0.25) is 0 Å². The molecule has 4 nitrogen and oxygen atoms in total. The smallest absolute Gasteiger partial charge is 0.999 e. The largest absolute Gasteiger partial charge is 2.00 e. The first-order chi connectivity index (χ1) is 7.00.